The van der Waals surface area contributed by atoms with E-state index in [1.54, 1.807) is 13.2 Å². The smallest absolute Gasteiger partial charge is 0.256 e. The van der Waals surface area contributed by atoms with Gasteiger partial charge in [0.05, 0.1) is 25.8 Å². The average Bonchev–Trinajstić information content (AvgIpc) is 3.25. The summed E-state index contributed by atoms with van der Waals surface area (Å²) in [5.41, 5.74) is 3.35. The zero-order chi connectivity index (χ0) is 19.0. The van der Waals surface area contributed by atoms with Gasteiger partial charge in [-0.2, -0.15) is 0 Å². The zero-order valence-corrected chi connectivity index (χ0v) is 15.2. The topological polar surface area (TPSA) is 86.3 Å². The van der Waals surface area contributed by atoms with Crippen molar-refractivity contribution in [2.75, 3.05) is 27.6 Å². The summed E-state index contributed by atoms with van der Waals surface area (Å²) in [6.45, 7) is 0.225. The molecule has 2 heterocycles. The van der Waals surface area contributed by atoms with Crippen LogP contribution in [0.2, 0.25) is 0 Å². The van der Waals surface area contributed by atoms with Crippen LogP contribution in [0.15, 0.2) is 24.3 Å². The second-order valence-corrected chi connectivity index (χ2v) is 6.44. The molecule has 0 aromatic heterocycles. The summed E-state index contributed by atoms with van der Waals surface area (Å²) < 4.78 is 21.6. The maximum atomic E-state index is 12.6. The number of ether oxygens (including phenoxy) is 4. The third-order valence-electron chi connectivity index (χ3n) is 4.99. The van der Waals surface area contributed by atoms with Crippen molar-refractivity contribution in [3.05, 3.63) is 46.5 Å². The standard InChI is InChI=1S/C20H21NO6/c1-24-15-4-3-13-14(21-20(23)18(13)19(15)25-2)7-12-9-17-16(26-10-27-17)8-11(12)5-6-22/h3-4,8-9,14,22H,5-7,10H2,1-2H3,(H,21,23)/t14-/m0/s1. The number of fused-ring (bicyclic) bond motifs is 2. The molecule has 0 saturated heterocycles. The Hall–Kier alpha value is -2.93. The van der Waals surface area contributed by atoms with Crippen LogP contribution >= 0.6 is 0 Å². The molecule has 2 aliphatic rings. The summed E-state index contributed by atoms with van der Waals surface area (Å²) in [5.74, 6) is 2.15. The summed E-state index contributed by atoms with van der Waals surface area (Å²) in [5, 5.41) is 12.4. The Morgan fingerprint density at radius 2 is 1.89 bits per heavy atom. The number of aliphatic hydroxyl groups excluding tert-OH is 1. The maximum absolute atomic E-state index is 12.6. The quantitative estimate of drug-likeness (QED) is 0.808. The lowest BCUT2D eigenvalue weighted by molar-refractivity contribution is 0.0953. The number of benzene rings is 2. The van der Waals surface area contributed by atoms with Gasteiger partial charge < -0.3 is 29.4 Å². The van der Waals surface area contributed by atoms with Crippen LogP contribution in [0, 0.1) is 0 Å². The molecule has 0 radical (unpaired) electrons. The zero-order valence-electron chi connectivity index (χ0n) is 15.2. The summed E-state index contributed by atoms with van der Waals surface area (Å²) in [6, 6.07) is 7.32. The van der Waals surface area contributed by atoms with E-state index in [0.29, 0.717) is 41.4 Å². The second-order valence-electron chi connectivity index (χ2n) is 6.44. The van der Waals surface area contributed by atoms with Crippen molar-refractivity contribution < 1.29 is 28.8 Å². The van der Waals surface area contributed by atoms with Gasteiger partial charge in [-0.05, 0) is 47.7 Å². The largest absolute Gasteiger partial charge is 0.493 e. The van der Waals surface area contributed by atoms with Gasteiger partial charge in [0, 0.05) is 6.61 Å². The molecule has 2 N–H and O–H groups in total. The van der Waals surface area contributed by atoms with Gasteiger partial charge in [-0.15, -0.1) is 0 Å². The molecule has 0 aliphatic carbocycles. The van der Waals surface area contributed by atoms with E-state index in [9.17, 15) is 9.90 Å². The first-order chi connectivity index (χ1) is 13.2. The van der Waals surface area contributed by atoms with Gasteiger partial charge in [-0.25, -0.2) is 0 Å². The molecule has 0 saturated carbocycles. The van der Waals surface area contributed by atoms with Crippen molar-refractivity contribution in [3.63, 3.8) is 0 Å². The Kier molecular flexibility index (Phi) is 4.53. The van der Waals surface area contributed by atoms with Crippen molar-refractivity contribution in [2.45, 2.75) is 18.9 Å². The third-order valence-corrected chi connectivity index (χ3v) is 4.99. The van der Waals surface area contributed by atoms with Crippen LogP contribution < -0.4 is 24.3 Å². The molecule has 0 unspecified atom stereocenters. The van der Waals surface area contributed by atoms with E-state index in [1.807, 2.05) is 18.2 Å². The summed E-state index contributed by atoms with van der Waals surface area (Å²) in [7, 11) is 3.07. The summed E-state index contributed by atoms with van der Waals surface area (Å²) in [4.78, 5) is 12.6. The highest BCUT2D eigenvalue weighted by Gasteiger charge is 2.34. The van der Waals surface area contributed by atoms with Crippen LogP contribution in [-0.4, -0.2) is 38.6 Å². The number of rotatable bonds is 6. The molecule has 2 aromatic rings. The number of carbonyl (C=O) groups excluding carboxylic acids is 1. The van der Waals surface area contributed by atoms with Crippen LogP contribution in [-0.2, 0) is 12.8 Å². The first-order valence-corrected chi connectivity index (χ1v) is 8.74. The van der Waals surface area contributed by atoms with E-state index < -0.39 is 0 Å². The van der Waals surface area contributed by atoms with Crippen molar-refractivity contribution in [2.24, 2.45) is 0 Å². The molecule has 2 aromatic carbocycles. The predicted molar refractivity (Wildman–Crippen MR) is 96.8 cm³/mol. The molecule has 27 heavy (non-hydrogen) atoms. The molecular weight excluding hydrogens is 350 g/mol. The molecule has 0 spiro atoms. The van der Waals surface area contributed by atoms with E-state index in [0.717, 1.165) is 16.7 Å². The minimum Gasteiger partial charge on any atom is -0.493 e. The highest BCUT2D eigenvalue weighted by atomic mass is 16.7. The Bertz CT molecular complexity index is 895. The minimum absolute atomic E-state index is 0.0330. The van der Waals surface area contributed by atoms with E-state index in [2.05, 4.69) is 5.32 Å². The molecular formula is C20H21NO6. The van der Waals surface area contributed by atoms with E-state index in [1.165, 1.54) is 7.11 Å². The highest BCUT2D eigenvalue weighted by molar-refractivity contribution is 6.02. The minimum atomic E-state index is -0.204. The van der Waals surface area contributed by atoms with E-state index >= 15 is 0 Å². The van der Waals surface area contributed by atoms with E-state index in [4.69, 9.17) is 18.9 Å². The van der Waals surface area contributed by atoms with Gasteiger partial charge in [0.25, 0.3) is 5.91 Å². The average molecular weight is 371 g/mol. The van der Waals surface area contributed by atoms with Gasteiger partial charge in [-0.3, -0.25) is 4.79 Å². The third kappa shape index (κ3) is 2.94. The van der Waals surface area contributed by atoms with Crippen molar-refractivity contribution in [1.82, 2.24) is 5.32 Å². The van der Waals surface area contributed by atoms with Crippen molar-refractivity contribution in [3.8, 4) is 23.0 Å². The van der Waals surface area contributed by atoms with Gasteiger partial charge in [-0.1, -0.05) is 6.07 Å². The fourth-order valence-corrected chi connectivity index (χ4v) is 3.73. The van der Waals surface area contributed by atoms with Gasteiger partial charge >= 0.3 is 0 Å². The number of amides is 1. The van der Waals surface area contributed by atoms with Crippen LogP contribution in [0.25, 0.3) is 0 Å². The Morgan fingerprint density at radius 3 is 2.56 bits per heavy atom. The Morgan fingerprint density at radius 1 is 1.15 bits per heavy atom. The molecule has 2 aliphatic heterocycles. The number of nitrogens with one attached hydrogen (secondary N) is 1. The number of aliphatic hydroxyl groups is 1. The predicted octanol–water partition coefficient (Wildman–Crippen LogP) is 1.99. The van der Waals surface area contributed by atoms with Crippen molar-refractivity contribution in [1.29, 1.82) is 0 Å². The molecule has 1 atom stereocenters. The molecule has 4 rings (SSSR count). The number of hydrogen-bond donors (Lipinski definition) is 2. The van der Waals surface area contributed by atoms with E-state index in [-0.39, 0.29) is 25.3 Å². The molecule has 7 nitrogen and oxygen atoms in total. The Labute approximate surface area is 156 Å². The normalized spacial score (nSPS) is 16.9. The number of hydrogen-bond acceptors (Lipinski definition) is 6. The SMILES string of the molecule is COc1ccc2c(c1OC)C(=O)N[C@H]2Cc1cc2c(cc1CCO)OCO2. The first kappa shape index (κ1) is 17.5. The highest BCUT2D eigenvalue weighted by Crippen LogP contribution is 2.42. The number of methoxy groups -OCH3 is 2. The molecule has 142 valence electrons. The fourth-order valence-electron chi connectivity index (χ4n) is 3.73. The number of carbonyl (C=O) groups is 1. The monoisotopic (exact) mass is 371 g/mol. The fraction of sp³-hybridized carbons (Fsp3) is 0.350. The lowest BCUT2D eigenvalue weighted by Gasteiger charge is -2.16. The van der Waals surface area contributed by atoms with Gasteiger partial charge in [0.15, 0.2) is 23.0 Å². The van der Waals surface area contributed by atoms with Crippen molar-refractivity contribution >= 4 is 5.91 Å². The Balaban J connectivity index is 1.71. The van der Waals surface area contributed by atoms with Gasteiger partial charge in [0.2, 0.25) is 6.79 Å². The van der Waals surface area contributed by atoms with Crippen LogP contribution in [0.1, 0.15) is 33.1 Å². The molecule has 7 heteroatoms. The van der Waals surface area contributed by atoms with Gasteiger partial charge in [0.1, 0.15) is 0 Å². The lowest BCUT2D eigenvalue weighted by Crippen LogP contribution is -2.21. The molecule has 1 amide bonds. The van der Waals surface area contributed by atoms with Crippen LogP contribution in [0.3, 0.4) is 0 Å². The molecule has 0 bridgehead atoms. The summed E-state index contributed by atoms with van der Waals surface area (Å²) in [6.07, 6.45) is 1.08. The van der Waals surface area contributed by atoms with Crippen LogP contribution in [0.4, 0.5) is 0 Å². The maximum Gasteiger partial charge on any atom is 0.256 e. The van der Waals surface area contributed by atoms with Crippen LogP contribution in [0.5, 0.6) is 23.0 Å². The second kappa shape index (κ2) is 7.00. The first-order valence-electron chi connectivity index (χ1n) is 8.74. The molecule has 0 fully saturated rings. The lowest BCUT2D eigenvalue weighted by atomic mass is 9.93. The summed E-state index contributed by atoms with van der Waals surface area (Å²) >= 11 is 0.